The van der Waals surface area contributed by atoms with Gasteiger partial charge in [-0.05, 0) is 61.7 Å². The average Bonchev–Trinajstić information content (AvgIpc) is 3.45. The number of nitrogens with zero attached hydrogens (tertiary/aromatic N) is 1. The van der Waals surface area contributed by atoms with E-state index in [4.69, 9.17) is 0 Å². The molecule has 2 aromatic carbocycles. The van der Waals surface area contributed by atoms with Crippen molar-refractivity contribution < 1.29 is 13.2 Å². The van der Waals surface area contributed by atoms with Crippen LogP contribution in [0, 0.1) is 6.92 Å². The molecule has 1 aliphatic carbocycles. The third kappa shape index (κ3) is 3.78. The molecule has 4 rings (SSSR count). The van der Waals surface area contributed by atoms with Crippen LogP contribution < -0.4 is 10.0 Å². The van der Waals surface area contributed by atoms with E-state index < -0.39 is 10.0 Å². The van der Waals surface area contributed by atoms with E-state index in [0.717, 1.165) is 23.8 Å². The lowest BCUT2D eigenvalue weighted by atomic mass is 10.2. The number of rotatable bonds is 5. The molecule has 1 aliphatic rings. The summed E-state index contributed by atoms with van der Waals surface area (Å²) in [5.41, 5.74) is 2.29. The van der Waals surface area contributed by atoms with E-state index in [-0.39, 0.29) is 16.8 Å². The van der Waals surface area contributed by atoms with Crippen molar-refractivity contribution in [3.63, 3.8) is 0 Å². The SMILES string of the molecule is Cc1cnc2c(S(=O)(=O)Nc3ccc(C(=O)NC4CC4)cc3)cccc2c1. The Hall–Kier alpha value is -2.93. The Labute approximate surface area is 157 Å². The number of pyridine rings is 1. The molecule has 138 valence electrons. The second-order valence-corrected chi connectivity index (χ2v) is 8.42. The Kier molecular flexibility index (Phi) is 4.31. The summed E-state index contributed by atoms with van der Waals surface area (Å²) in [5, 5.41) is 3.67. The van der Waals surface area contributed by atoms with Crippen LogP contribution in [-0.4, -0.2) is 25.4 Å². The maximum absolute atomic E-state index is 12.8. The first-order chi connectivity index (χ1) is 12.9. The quantitative estimate of drug-likeness (QED) is 0.710. The summed E-state index contributed by atoms with van der Waals surface area (Å²) in [6.07, 6.45) is 3.68. The summed E-state index contributed by atoms with van der Waals surface area (Å²) in [6.45, 7) is 1.91. The molecule has 7 heteroatoms. The number of hydrogen-bond acceptors (Lipinski definition) is 4. The topological polar surface area (TPSA) is 88.2 Å². The zero-order valence-corrected chi connectivity index (χ0v) is 15.6. The summed E-state index contributed by atoms with van der Waals surface area (Å²) >= 11 is 0. The van der Waals surface area contributed by atoms with Crippen molar-refractivity contribution in [3.05, 3.63) is 65.9 Å². The van der Waals surface area contributed by atoms with Crippen LogP contribution in [0.3, 0.4) is 0 Å². The molecule has 0 radical (unpaired) electrons. The molecular formula is C20H19N3O3S. The number of carbonyl (C=O) groups is 1. The number of amides is 1. The molecule has 27 heavy (non-hydrogen) atoms. The minimum Gasteiger partial charge on any atom is -0.349 e. The third-order valence-corrected chi connectivity index (χ3v) is 5.82. The first kappa shape index (κ1) is 17.5. The Bertz CT molecular complexity index is 1120. The number of sulfonamides is 1. The fourth-order valence-corrected chi connectivity index (χ4v) is 4.10. The molecule has 0 atom stereocenters. The number of nitrogens with one attached hydrogen (secondary N) is 2. The van der Waals surface area contributed by atoms with Gasteiger partial charge in [0.1, 0.15) is 4.90 Å². The monoisotopic (exact) mass is 381 g/mol. The predicted octanol–water partition coefficient (Wildman–Crippen LogP) is 3.24. The Balaban J connectivity index is 1.59. The van der Waals surface area contributed by atoms with Gasteiger partial charge in [-0.3, -0.25) is 14.5 Å². The van der Waals surface area contributed by atoms with Gasteiger partial charge in [-0.2, -0.15) is 0 Å². The van der Waals surface area contributed by atoms with Gasteiger partial charge in [-0.15, -0.1) is 0 Å². The van der Waals surface area contributed by atoms with E-state index in [1.54, 1.807) is 36.5 Å². The van der Waals surface area contributed by atoms with Crippen LogP contribution in [0.15, 0.2) is 59.6 Å². The van der Waals surface area contributed by atoms with Crippen molar-refractivity contribution in [1.82, 2.24) is 10.3 Å². The van der Waals surface area contributed by atoms with Crippen molar-refractivity contribution in [2.45, 2.75) is 30.7 Å². The van der Waals surface area contributed by atoms with E-state index >= 15 is 0 Å². The van der Waals surface area contributed by atoms with E-state index in [9.17, 15) is 13.2 Å². The van der Waals surface area contributed by atoms with Gasteiger partial charge >= 0.3 is 0 Å². The first-order valence-corrected chi connectivity index (χ1v) is 10.2. The number of anilines is 1. The molecule has 1 fully saturated rings. The number of aryl methyl sites for hydroxylation is 1. The second-order valence-electron chi connectivity index (χ2n) is 6.77. The van der Waals surface area contributed by atoms with Crippen LogP contribution >= 0.6 is 0 Å². The van der Waals surface area contributed by atoms with Gasteiger partial charge in [0, 0.05) is 28.9 Å². The molecule has 2 N–H and O–H groups in total. The standard InChI is InChI=1S/C20H19N3O3S/c1-13-11-15-3-2-4-18(19(15)21-12-13)27(25,26)23-17-7-5-14(6-8-17)20(24)22-16-9-10-16/h2-8,11-12,16,23H,9-10H2,1H3,(H,22,24). The van der Waals surface area contributed by atoms with Crippen LogP contribution in [0.4, 0.5) is 5.69 Å². The molecule has 1 aromatic heterocycles. The van der Waals surface area contributed by atoms with E-state index in [1.165, 1.54) is 6.07 Å². The van der Waals surface area contributed by atoms with E-state index in [2.05, 4.69) is 15.0 Å². The molecule has 3 aromatic rings. The highest BCUT2D eigenvalue weighted by Crippen LogP contribution is 2.24. The van der Waals surface area contributed by atoms with Gasteiger partial charge in [-0.1, -0.05) is 12.1 Å². The summed E-state index contributed by atoms with van der Waals surface area (Å²) in [4.78, 5) is 16.4. The fraction of sp³-hybridized carbons (Fsp3) is 0.200. The lowest BCUT2D eigenvalue weighted by Crippen LogP contribution is -2.25. The van der Waals surface area contributed by atoms with Crippen LogP contribution in [0.1, 0.15) is 28.8 Å². The number of hydrogen-bond donors (Lipinski definition) is 2. The molecule has 1 amide bonds. The number of carbonyl (C=O) groups excluding carboxylic acids is 1. The van der Waals surface area contributed by atoms with Crippen molar-refractivity contribution in [2.75, 3.05) is 4.72 Å². The molecule has 0 saturated heterocycles. The molecule has 6 nitrogen and oxygen atoms in total. The van der Waals surface area contributed by atoms with Gasteiger partial charge in [0.05, 0.1) is 5.52 Å². The Morgan fingerprint density at radius 3 is 2.56 bits per heavy atom. The lowest BCUT2D eigenvalue weighted by Gasteiger charge is -2.11. The fourth-order valence-electron chi connectivity index (χ4n) is 2.86. The van der Waals surface area contributed by atoms with Gasteiger partial charge in [0.2, 0.25) is 0 Å². The Morgan fingerprint density at radius 1 is 1.11 bits per heavy atom. The van der Waals surface area contributed by atoms with Crippen LogP contribution in [0.2, 0.25) is 0 Å². The van der Waals surface area contributed by atoms with Gasteiger partial charge in [0.25, 0.3) is 15.9 Å². The van der Waals surface area contributed by atoms with Crippen molar-refractivity contribution in [1.29, 1.82) is 0 Å². The normalized spacial score (nSPS) is 14.1. The third-order valence-electron chi connectivity index (χ3n) is 4.41. The highest BCUT2D eigenvalue weighted by Gasteiger charge is 2.24. The molecule has 0 unspecified atom stereocenters. The predicted molar refractivity (Wildman–Crippen MR) is 104 cm³/mol. The second kappa shape index (κ2) is 6.66. The van der Waals surface area contributed by atoms with Crippen molar-refractivity contribution >= 4 is 32.5 Å². The molecule has 1 saturated carbocycles. The highest BCUT2D eigenvalue weighted by molar-refractivity contribution is 7.93. The summed E-state index contributed by atoms with van der Waals surface area (Å²) in [5.74, 6) is -0.138. The van der Waals surface area contributed by atoms with Crippen LogP contribution in [0.25, 0.3) is 10.9 Å². The van der Waals surface area contributed by atoms with Crippen LogP contribution in [-0.2, 0) is 10.0 Å². The maximum atomic E-state index is 12.8. The lowest BCUT2D eigenvalue weighted by molar-refractivity contribution is 0.0951. The summed E-state index contributed by atoms with van der Waals surface area (Å²) < 4.78 is 28.2. The zero-order chi connectivity index (χ0) is 19.0. The minimum atomic E-state index is -3.81. The molecule has 0 bridgehead atoms. The van der Waals surface area contributed by atoms with E-state index in [1.807, 2.05) is 19.1 Å². The number of fused-ring (bicyclic) bond motifs is 1. The molecule has 0 aliphatic heterocycles. The smallest absolute Gasteiger partial charge is 0.264 e. The van der Waals surface area contributed by atoms with E-state index in [0.29, 0.717) is 16.8 Å². The molecule has 1 heterocycles. The molecular weight excluding hydrogens is 362 g/mol. The minimum absolute atomic E-state index is 0.121. The highest BCUT2D eigenvalue weighted by atomic mass is 32.2. The Morgan fingerprint density at radius 2 is 1.85 bits per heavy atom. The first-order valence-electron chi connectivity index (χ1n) is 8.71. The summed E-state index contributed by atoms with van der Waals surface area (Å²) in [6, 6.07) is 13.6. The van der Waals surface area contributed by atoms with Gasteiger partial charge < -0.3 is 5.32 Å². The van der Waals surface area contributed by atoms with Crippen molar-refractivity contribution in [2.24, 2.45) is 0 Å². The van der Waals surface area contributed by atoms with Gasteiger partial charge in [0.15, 0.2) is 0 Å². The number of aromatic nitrogens is 1. The summed E-state index contributed by atoms with van der Waals surface area (Å²) in [7, 11) is -3.81. The average molecular weight is 381 g/mol. The largest absolute Gasteiger partial charge is 0.349 e. The van der Waals surface area contributed by atoms with Gasteiger partial charge in [-0.25, -0.2) is 8.42 Å². The molecule has 0 spiro atoms. The number of para-hydroxylation sites is 1. The maximum Gasteiger partial charge on any atom is 0.264 e. The van der Waals surface area contributed by atoms with Crippen LogP contribution in [0.5, 0.6) is 0 Å². The zero-order valence-electron chi connectivity index (χ0n) is 14.8. The number of benzene rings is 2. The van der Waals surface area contributed by atoms with Crippen molar-refractivity contribution in [3.8, 4) is 0 Å².